The van der Waals surface area contributed by atoms with E-state index in [1.165, 1.54) is 18.4 Å². The molecule has 0 saturated carbocycles. The van der Waals surface area contributed by atoms with E-state index in [1.54, 1.807) is 7.11 Å². The van der Waals surface area contributed by atoms with Gasteiger partial charge in [-0.05, 0) is 42.9 Å². The molecule has 1 atom stereocenters. The Hall–Kier alpha value is -1.35. The molecule has 0 heterocycles. The van der Waals surface area contributed by atoms with Gasteiger partial charge in [0.05, 0.1) is 12.2 Å². The van der Waals surface area contributed by atoms with E-state index in [0.29, 0.717) is 12.2 Å². The van der Waals surface area contributed by atoms with E-state index in [4.69, 9.17) is 9.47 Å². The molecule has 0 amide bonds. The molecule has 0 fully saturated rings. The predicted octanol–water partition coefficient (Wildman–Crippen LogP) is 5.03. The average Bonchev–Trinajstić information content (AvgIpc) is 2.52. The normalized spacial score (nSPS) is 12.4. The standard InChI is InChI=1S/C20H32O3/c1-5-9-17-11-8-12-18(14-17)20(21)23-19(15-22-4)13-7-6-10-16(2)3/h8,11-12,14,16,19H,5-7,9-10,13,15H2,1-4H3. The van der Waals surface area contributed by atoms with Crippen molar-refractivity contribution in [1.82, 2.24) is 0 Å². The summed E-state index contributed by atoms with van der Waals surface area (Å²) >= 11 is 0. The third kappa shape index (κ3) is 8.17. The Balaban J connectivity index is 2.54. The van der Waals surface area contributed by atoms with Gasteiger partial charge in [0, 0.05) is 7.11 Å². The monoisotopic (exact) mass is 320 g/mol. The van der Waals surface area contributed by atoms with Crippen LogP contribution in [0.2, 0.25) is 0 Å². The molecule has 0 spiro atoms. The minimum Gasteiger partial charge on any atom is -0.456 e. The van der Waals surface area contributed by atoms with E-state index in [1.807, 2.05) is 18.2 Å². The molecule has 1 aromatic rings. The number of rotatable bonds is 11. The smallest absolute Gasteiger partial charge is 0.338 e. The lowest BCUT2D eigenvalue weighted by atomic mass is 10.0. The van der Waals surface area contributed by atoms with Crippen molar-refractivity contribution in [2.45, 2.75) is 65.4 Å². The van der Waals surface area contributed by atoms with Crippen LogP contribution in [0, 0.1) is 5.92 Å². The summed E-state index contributed by atoms with van der Waals surface area (Å²) < 4.78 is 10.9. The zero-order chi connectivity index (χ0) is 17.1. The van der Waals surface area contributed by atoms with Crippen LogP contribution in [-0.4, -0.2) is 25.8 Å². The van der Waals surface area contributed by atoms with Crippen molar-refractivity contribution >= 4 is 5.97 Å². The number of hydrogen-bond donors (Lipinski definition) is 0. The summed E-state index contributed by atoms with van der Waals surface area (Å²) in [5, 5.41) is 0. The Morgan fingerprint density at radius 3 is 2.57 bits per heavy atom. The van der Waals surface area contributed by atoms with Crippen molar-refractivity contribution in [3.05, 3.63) is 35.4 Å². The topological polar surface area (TPSA) is 35.5 Å². The zero-order valence-corrected chi connectivity index (χ0v) is 15.1. The number of benzene rings is 1. The molecule has 0 saturated heterocycles. The van der Waals surface area contributed by atoms with Crippen molar-refractivity contribution in [2.24, 2.45) is 5.92 Å². The number of ether oxygens (including phenoxy) is 2. The highest BCUT2D eigenvalue weighted by Gasteiger charge is 2.16. The Morgan fingerprint density at radius 2 is 1.91 bits per heavy atom. The maximum Gasteiger partial charge on any atom is 0.338 e. The number of esters is 1. The maximum absolute atomic E-state index is 12.3. The second-order valence-corrected chi connectivity index (χ2v) is 6.61. The van der Waals surface area contributed by atoms with Gasteiger partial charge in [-0.25, -0.2) is 4.79 Å². The largest absolute Gasteiger partial charge is 0.456 e. The van der Waals surface area contributed by atoms with E-state index >= 15 is 0 Å². The molecule has 0 aliphatic heterocycles. The van der Waals surface area contributed by atoms with Crippen LogP contribution in [0.4, 0.5) is 0 Å². The molecule has 3 heteroatoms. The Morgan fingerprint density at radius 1 is 1.17 bits per heavy atom. The SMILES string of the molecule is CCCc1cccc(C(=O)OC(CCCCC(C)C)COC)c1. The minimum absolute atomic E-state index is 0.158. The fraction of sp³-hybridized carbons (Fsp3) is 0.650. The Labute approximate surface area is 141 Å². The first-order chi connectivity index (χ1) is 11.1. The Kier molecular flexibility index (Phi) is 9.61. The van der Waals surface area contributed by atoms with Gasteiger partial charge in [-0.15, -0.1) is 0 Å². The van der Waals surface area contributed by atoms with Gasteiger partial charge in [-0.3, -0.25) is 0 Å². The summed E-state index contributed by atoms with van der Waals surface area (Å²) in [6, 6.07) is 7.74. The molecule has 0 radical (unpaired) electrons. The first-order valence-electron chi connectivity index (χ1n) is 8.85. The van der Waals surface area contributed by atoms with Crippen LogP contribution >= 0.6 is 0 Å². The molecule has 23 heavy (non-hydrogen) atoms. The van der Waals surface area contributed by atoms with Crippen LogP contribution in [0.3, 0.4) is 0 Å². The van der Waals surface area contributed by atoms with E-state index in [2.05, 4.69) is 26.8 Å². The number of carbonyl (C=O) groups is 1. The van der Waals surface area contributed by atoms with Crippen molar-refractivity contribution < 1.29 is 14.3 Å². The van der Waals surface area contributed by atoms with Crippen molar-refractivity contribution in [3.8, 4) is 0 Å². The van der Waals surface area contributed by atoms with Crippen LogP contribution in [0.5, 0.6) is 0 Å². The second kappa shape index (κ2) is 11.2. The summed E-state index contributed by atoms with van der Waals surface area (Å²) in [7, 11) is 1.65. The van der Waals surface area contributed by atoms with Crippen molar-refractivity contribution in [3.63, 3.8) is 0 Å². The van der Waals surface area contributed by atoms with Gasteiger partial charge >= 0.3 is 5.97 Å². The number of unbranched alkanes of at least 4 members (excludes halogenated alkanes) is 1. The zero-order valence-electron chi connectivity index (χ0n) is 15.1. The molecule has 0 aliphatic rings. The van der Waals surface area contributed by atoms with Crippen LogP contribution in [0.1, 0.15) is 68.8 Å². The molecule has 1 aromatic carbocycles. The van der Waals surface area contributed by atoms with Crippen molar-refractivity contribution in [1.29, 1.82) is 0 Å². The van der Waals surface area contributed by atoms with E-state index in [9.17, 15) is 4.79 Å². The molecule has 3 nitrogen and oxygen atoms in total. The molecule has 1 unspecified atom stereocenters. The predicted molar refractivity (Wildman–Crippen MR) is 94.8 cm³/mol. The molecule has 0 N–H and O–H groups in total. The number of methoxy groups -OCH3 is 1. The molecule has 130 valence electrons. The first-order valence-corrected chi connectivity index (χ1v) is 8.85. The summed E-state index contributed by atoms with van der Waals surface area (Å²) in [5.74, 6) is 0.480. The first kappa shape index (κ1) is 19.7. The van der Waals surface area contributed by atoms with Crippen molar-refractivity contribution in [2.75, 3.05) is 13.7 Å². The molecule has 1 rings (SSSR count). The third-order valence-electron chi connectivity index (χ3n) is 3.89. The number of hydrogen-bond acceptors (Lipinski definition) is 3. The van der Waals surface area contributed by atoms with Gasteiger partial charge in [0.2, 0.25) is 0 Å². The average molecular weight is 320 g/mol. The van der Waals surface area contributed by atoms with Crippen LogP contribution in [-0.2, 0) is 15.9 Å². The van der Waals surface area contributed by atoms with Crippen LogP contribution in [0.25, 0.3) is 0 Å². The molecule has 0 bridgehead atoms. The quantitative estimate of drug-likeness (QED) is 0.424. The third-order valence-corrected chi connectivity index (χ3v) is 3.89. The van der Waals surface area contributed by atoms with Gasteiger partial charge in [0.25, 0.3) is 0 Å². The van der Waals surface area contributed by atoms with Gasteiger partial charge < -0.3 is 9.47 Å². The lowest BCUT2D eigenvalue weighted by Crippen LogP contribution is -2.23. The highest BCUT2D eigenvalue weighted by Crippen LogP contribution is 2.15. The van der Waals surface area contributed by atoms with Crippen LogP contribution in [0.15, 0.2) is 24.3 Å². The summed E-state index contributed by atoms with van der Waals surface area (Å²) in [6.07, 6.45) is 6.21. The minimum atomic E-state index is -0.242. The van der Waals surface area contributed by atoms with Gasteiger partial charge in [-0.1, -0.05) is 52.2 Å². The van der Waals surface area contributed by atoms with Gasteiger partial charge in [0.15, 0.2) is 0 Å². The highest BCUT2D eigenvalue weighted by atomic mass is 16.6. The van der Waals surface area contributed by atoms with E-state index < -0.39 is 0 Å². The molecule has 0 aromatic heterocycles. The highest BCUT2D eigenvalue weighted by molar-refractivity contribution is 5.89. The van der Waals surface area contributed by atoms with E-state index in [0.717, 1.165) is 31.6 Å². The number of aryl methyl sites for hydroxylation is 1. The summed E-state index contributed by atoms with van der Waals surface area (Å²) in [5.41, 5.74) is 1.82. The fourth-order valence-corrected chi connectivity index (χ4v) is 2.65. The Bertz CT molecular complexity index is 454. The lowest BCUT2D eigenvalue weighted by Gasteiger charge is -2.17. The second-order valence-electron chi connectivity index (χ2n) is 6.61. The van der Waals surface area contributed by atoms with E-state index in [-0.39, 0.29) is 12.1 Å². The molecular formula is C20H32O3. The van der Waals surface area contributed by atoms with Gasteiger partial charge in [0.1, 0.15) is 6.10 Å². The number of carbonyl (C=O) groups excluding carboxylic acids is 1. The fourth-order valence-electron chi connectivity index (χ4n) is 2.65. The lowest BCUT2D eigenvalue weighted by molar-refractivity contribution is 0.00230. The summed E-state index contributed by atoms with van der Waals surface area (Å²) in [6.45, 7) is 7.06. The van der Waals surface area contributed by atoms with Gasteiger partial charge in [-0.2, -0.15) is 0 Å². The van der Waals surface area contributed by atoms with Crippen LogP contribution < -0.4 is 0 Å². The summed E-state index contributed by atoms with van der Waals surface area (Å²) in [4.78, 5) is 12.3. The maximum atomic E-state index is 12.3. The molecular weight excluding hydrogens is 288 g/mol. The molecule has 0 aliphatic carbocycles.